The van der Waals surface area contributed by atoms with Gasteiger partial charge in [-0.2, -0.15) is 0 Å². The molecule has 1 aliphatic heterocycles. The standard InChI is InChI=1S/C12H14FNO3S/c1-9(15)12-10(13)3-2-4-11(12)14-5-7-18(16,17)8-6-14/h2-4H,5-8H2,1H3. The maximum atomic E-state index is 13.6. The molecule has 98 valence electrons. The Hall–Kier alpha value is -1.43. The highest BCUT2D eigenvalue weighted by Gasteiger charge is 2.25. The smallest absolute Gasteiger partial charge is 0.164 e. The first-order valence-electron chi connectivity index (χ1n) is 5.65. The van der Waals surface area contributed by atoms with E-state index in [1.165, 1.54) is 19.1 Å². The summed E-state index contributed by atoms with van der Waals surface area (Å²) in [7, 11) is -2.99. The van der Waals surface area contributed by atoms with Crippen LogP contribution in [0.15, 0.2) is 18.2 Å². The number of sulfone groups is 1. The van der Waals surface area contributed by atoms with E-state index < -0.39 is 15.7 Å². The van der Waals surface area contributed by atoms with Crippen molar-refractivity contribution < 1.29 is 17.6 Å². The number of carbonyl (C=O) groups excluding carboxylic acids is 1. The van der Waals surface area contributed by atoms with E-state index in [1.54, 1.807) is 11.0 Å². The normalized spacial score (nSPS) is 18.7. The summed E-state index contributed by atoms with van der Waals surface area (Å²) in [5.41, 5.74) is 0.522. The van der Waals surface area contributed by atoms with Crippen LogP contribution in [0.2, 0.25) is 0 Å². The molecule has 1 aromatic rings. The van der Waals surface area contributed by atoms with Crippen LogP contribution in [0.4, 0.5) is 10.1 Å². The first-order valence-corrected chi connectivity index (χ1v) is 7.48. The van der Waals surface area contributed by atoms with Gasteiger partial charge in [0.15, 0.2) is 15.6 Å². The lowest BCUT2D eigenvalue weighted by Crippen LogP contribution is -2.41. The Morgan fingerprint density at radius 3 is 2.44 bits per heavy atom. The van der Waals surface area contributed by atoms with Crippen molar-refractivity contribution >= 4 is 21.3 Å². The Bertz CT molecular complexity index is 569. The predicted molar refractivity (Wildman–Crippen MR) is 67.3 cm³/mol. The molecule has 0 atom stereocenters. The summed E-state index contributed by atoms with van der Waals surface area (Å²) in [5.74, 6) is -0.827. The molecule has 0 bridgehead atoms. The minimum atomic E-state index is -2.99. The first kappa shape index (κ1) is 13.0. The summed E-state index contributed by atoms with van der Waals surface area (Å²) in [4.78, 5) is 13.2. The third kappa shape index (κ3) is 2.53. The second-order valence-corrected chi connectivity index (χ2v) is 6.63. The highest BCUT2D eigenvalue weighted by atomic mass is 32.2. The van der Waals surface area contributed by atoms with Crippen LogP contribution in [0.1, 0.15) is 17.3 Å². The highest BCUT2D eigenvalue weighted by molar-refractivity contribution is 7.91. The Morgan fingerprint density at radius 2 is 1.89 bits per heavy atom. The number of carbonyl (C=O) groups is 1. The number of nitrogens with zero attached hydrogens (tertiary/aromatic N) is 1. The molecular formula is C12H14FNO3S. The third-order valence-corrected chi connectivity index (χ3v) is 4.64. The Kier molecular flexibility index (Phi) is 3.38. The maximum absolute atomic E-state index is 13.6. The summed E-state index contributed by atoms with van der Waals surface area (Å²) in [5, 5.41) is 0. The quantitative estimate of drug-likeness (QED) is 0.760. The average Bonchev–Trinajstić information content (AvgIpc) is 2.28. The van der Waals surface area contributed by atoms with Crippen molar-refractivity contribution in [3.8, 4) is 0 Å². The molecule has 6 heteroatoms. The molecule has 0 N–H and O–H groups in total. The molecule has 0 aliphatic carbocycles. The van der Waals surface area contributed by atoms with Gasteiger partial charge in [-0.3, -0.25) is 4.79 Å². The fourth-order valence-electron chi connectivity index (χ4n) is 2.08. The molecule has 4 nitrogen and oxygen atoms in total. The van der Waals surface area contributed by atoms with E-state index >= 15 is 0 Å². The molecular weight excluding hydrogens is 257 g/mol. The fraction of sp³-hybridized carbons (Fsp3) is 0.417. The number of Topliss-reactive ketones (excluding diaryl/α,β-unsaturated/α-hetero) is 1. The molecule has 0 spiro atoms. The average molecular weight is 271 g/mol. The van der Waals surface area contributed by atoms with Crippen LogP contribution in [-0.2, 0) is 9.84 Å². The zero-order valence-electron chi connectivity index (χ0n) is 10.0. The molecule has 0 aromatic heterocycles. The van der Waals surface area contributed by atoms with Gasteiger partial charge < -0.3 is 4.90 Å². The molecule has 1 aromatic carbocycles. The number of hydrogen-bond donors (Lipinski definition) is 0. The van der Waals surface area contributed by atoms with Crippen molar-refractivity contribution in [3.05, 3.63) is 29.6 Å². The molecule has 1 aliphatic rings. The van der Waals surface area contributed by atoms with Gasteiger partial charge in [0.25, 0.3) is 0 Å². The number of halogens is 1. The van der Waals surface area contributed by atoms with Gasteiger partial charge in [-0.25, -0.2) is 12.8 Å². The number of anilines is 1. The van der Waals surface area contributed by atoms with Gasteiger partial charge in [0.05, 0.1) is 22.8 Å². The van der Waals surface area contributed by atoms with Gasteiger partial charge >= 0.3 is 0 Å². The molecule has 0 unspecified atom stereocenters. The number of ketones is 1. The molecule has 0 amide bonds. The summed E-state index contributed by atoms with van der Waals surface area (Å²) in [6.07, 6.45) is 0. The van der Waals surface area contributed by atoms with E-state index in [2.05, 4.69) is 0 Å². The lowest BCUT2D eigenvalue weighted by Gasteiger charge is -2.30. The van der Waals surface area contributed by atoms with Crippen LogP contribution in [0.25, 0.3) is 0 Å². The molecule has 2 rings (SSSR count). The molecule has 0 radical (unpaired) electrons. The Labute approximate surface area is 105 Å². The maximum Gasteiger partial charge on any atom is 0.164 e. The zero-order chi connectivity index (χ0) is 13.3. The van der Waals surface area contributed by atoms with E-state index in [1.807, 2.05) is 0 Å². The van der Waals surface area contributed by atoms with E-state index in [9.17, 15) is 17.6 Å². The number of benzene rings is 1. The van der Waals surface area contributed by atoms with Crippen molar-refractivity contribution in [1.82, 2.24) is 0 Å². The molecule has 1 fully saturated rings. The summed E-state index contributed by atoms with van der Waals surface area (Å²) in [6.45, 7) is 1.90. The van der Waals surface area contributed by atoms with Crippen molar-refractivity contribution in [2.45, 2.75) is 6.92 Å². The lowest BCUT2D eigenvalue weighted by atomic mass is 10.1. The SMILES string of the molecule is CC(=O)c1c(F)cccc1N1CCS(=O)(=O)CC1. The molecule has 1 heterocycles. The lowest BCUT2D eigenvalue weighted by molar-refractivity contribution is 0.101. The number of hydrogen-bond acceptors (Lipinski definition) is 4. The highest BCUT2D eigenvalue weighted by Crippen LogP contribution is 2.25. The molecule has 18 heavy (non-hydrogen) atoms. The van der Waals surface area contributed by atoms with Gasteiger partial charge in [-0.05, 0) is 19.1 Å². The fourth-order valence-corrected chi connectivity index (χ4v) is 3.28. The van der Waals surface area contributed by atoms with E-state index in [0.717, 1.165) is 0 Å². The predicted octanol–water partition coefficient (Wildman–Crippen LogP) is 1.26. The summed E-state index contributed by atoms with van der Waals surface area (Å²) in [6, 6.07) is 4.42. The summed E-state index contributed by atoms with van der Waals surface area (Å²) >= 11 is 0. The van der Waals surface area contributed by atoms with Crippen LogP contribution < -0.4 is 4.90 Å². The van der Waals surface area contributed by atoms with Crippen LogP contribution >= 0.6 is 0 Å². The van der Waals surface area contributed by atoms with Gasteiger partial charge in [0.2, 0.25) is 0 Å². The summed E-state index contributed by atoms with van der Waals surface area (Å²) < 4.78 is 36.3. The van der Waals surface area contributed by atoms with Crippen molar-refractivity contribution in [1.29, 1.82) is 0 Å². The van der Waals surface area contributed by atoms with Gasteiger partial charge in [0.1, 0.15) is 5.82 Å². The molecule has 0 saturated carbocycles. The Morgan fingerprint density at radius 1 is 1.28 bits per heavy atom. The van der Waals surface area contributed by atoms with Gasteiger partial charge in [-0.15, -0.1) is 0 Å². The first-order chi connectivity index (χ1) is 8.41. The zero-order valence-corrected chi connectivity index (χ0v) is 10.8. The van der Waals surface area contributed by atoms with Crippen molar-refractivity contribution in [2.75, 3.05) is 29.5 Å². The second-order valence-electron chi connectivity index (χ2n) is 4.33. The van der Waals surface area contributed by atoms with Crippen molar-refractivity contribution in [2.24, 2.45) is 0 Å². The topological polar surface area (TPSA) is 54.5 Å². The van der Waals surface area contributed by atoms with Gasteiger partial charge in [0, 0.05) is 13.1 Å². The largest absolute Gasteiger partial charge is 0.369 e. The minimum Gasteiger partial charge on any atom is -0.369 e. The third-order valence-electron chi connectivity index (χ3n) is 3.03. The van der Waals surface area contributed by atoms with E-state index in [4.69, 9.17) is 0 Å². The van der Waals surface area contributed by atoms with Crippen LogP contribution in [0.3, 0.4) is 0 Å². The van der Waals surface area contributed by atoms with E-state index in [-0.39, 0.29) is 22.9 Å². The van der Waals surface area contributed by atoms with Crippen molar-refractivity contribution in [3.63, 3.8) is 0 Å². The van der Waals surface area contributed by atoms with Crippen LogP contribution in [-0.4, -0.2) is 38.8 Å². The van der Waals surface area contributed by atoms with Crippen LogP contribution in [0, 0.1) is 5.82 Å². The minimum absolute atomic E-state index is 0.0387. The van der Waals surface area contributed by atoms with E-state index in [0.29, 0.717) is 18.8 Å². The Balaban J connectivity index is 2.35. The number of rotatable bonds is 2. The second kappa shape index (κ2) is 4.68. The van der Waals surface area contributed by atoms with Gasteiger partial charge in [-0.1, -0.05) is 6.07 Å². The monoisotopic (exact) mass is 271 g/mol. The van der Waals surface area contributed by atoms with Crippen LogP contribution in [0.5, 0.6) is 0 Å². The molecule has 1 saturated heterocycles.